The normalized spacial score (nSPS) is 11.7. The molecule has 4 nitrogen and oxygen atoms in total. The average Bonchev–Trinajstić information content (AvgIpc) is 2.26. The molecule has 1 heterocycles. The van der Waals surface area contributed by atoms with Crippen LogP contribution in [-0.2, 0) is 6.18 Å². The minimum Gasteiger partial charge on any atom is -0.389 e. The number of nitrogens with one attached hydrogen (secondary N) is 1. The highest BCUT2D eigenvalue weighted by molar-refractivity contribution is 7.80. The fourth-order valence-electron chi connectivity index (χ4n) is 1.35. The van der Waals surface area contributed by atoms with E-state index >= 15 is 0 Å². The molecule has 8 heteroatoms. The quantitative estimate of drug-likeness (QED) is 0.809. The molecule has 19 heavy (non-hydrogen) atoms. The summed E-state index contributed by atoms with van der Waals surface area (Å²) < 4.78 is 37.8. The molecule has 106 valence electrons. The van der Waals surface area contributed by atoms with E-state index in [4.69, 9.17) is 18.0 Å². The average molecular weight is 292 g/mol. The Hall–Kier alpha value is -1.41. The number of pyridine rings is 1. The molecule has 0 saturated carbocycles. The molecule has 0 unspecified atom stereocenters. The summed E-state index contributed by atoms with van der Waals surface area (Å²) in [6, 6.07) is 2.10. The number of thiocarbonyl (C=S) groups is 1. The second kappa shape index (κ2) is 6.16. The van der Waals surface area contributed by atoms with Crippen molar-refractivity contribution in [3.8, 4) is 0 Å². The summed E-state index contributed by atoms with van der Waals surface area (Å²) in [5.41, 5.74) is 4.80. The van der Waals surface area contributed by atoms with Crippen LogP contribution in [0, 0.1) is 0 Å². The van der Waals surface area contributed by atoms with Crippen molar-refractivity contribution in [3.63, 3.8) is 0 Å². The van der Waals surface area contributed by atoms with E-state index in [0.29, 0.717) is 18.7 Å². The third kappa shape index (κ3) is 4.64. The predicted octanol–water partition coefficient (Wildman–Crippen LogP) is 1.71. The maximum atomic E-state index is 12.6. The van der Waals surface area contributed by atoms with Gasteiger partial charge >= 0.3 is 6.18 Å². The number of nitrogens with zero attached hydrogens (tertiary/aromatic N) is 2. The van der Waals surface area contributed by atoms with Crippen molar-refractivity contribution in [1.29, 1.82) is 0 Å². The van der Waals surface area contributed by atoms with E-state index in [1.165, 1.54) is 6.07 Å². The largest absolute Gasteiger partial charge is 0.433 e. The van der Waals surface area contributed by atoms with Gasteiger partial charge in [0.1, 0.15) is 16.5 Å². The van der Waals surface area contributed by atoms with Gasteiger partial charge in [0.15, 0.2) is 0 Å². The lowest BCUT2D eigenvalue weighted by Crippen LogP contribution is -2.23. The zero-order chi connectivity index (χ0) is 14.6. The molecule has 0 aliphatic heterocycles. The van der Waals surface area contributed by atoms with Crippen LogP contribution < -0.4 is 11.1 Å². The van der Waals surface area contributed by atoms with Crippen LogP contribution in [-0.4, -0.2) is 42.1 Å². The van der Waals surface area contributed by atoms with Crippen LogP contribution in [0.1, 0.15) is 11.3 Å². The Labute approximate surface area is 114 Å². The third-order valence-electron chi connectivity index (χ3n) is 2.30. The van der Waals surface area contributed by atoms with Gasteiger partial charge in [-0.25, -0.2) is 4.98 Å². The Morgan fingerprint density at radius 1 is 1.42 bits per heavy atom. The van der Waals surface area contributed by atoms with Crippen LogP contribution in [0.25, 0.3) is 0 Å². The highest BCUT2D eigenvalue weighted by atomic mass is 32.1. The van der Waals surface area contributed by atoms with E-state index in [0.717, 1.165) is 6.07 Å². The summed E-state index contributed by atoms with van der Waals surface area (Å²) >= 11 is 4.79. The van der Waals surface area contributed by atoms with Crippen molar-refractivity contribution < 1.29 is 13.2 Å². The molecule has 0 fully saturated rings. The zero-order valence-electron chi connectivity index (χ0n) is 10.6. The summed E-state index contributed by atoms with van der Waals surface area (Å²) in [6.45, 7) is 1.09. The van der Waals surface area contributed by atoms with Gasteiger partial charge in [0.2, 0.25) is 0 Å². The van der Waals surface area contributed by atoms with Crippen molar-refractivity contribution in [2.24, 2.45) is 5.73 Å². The first-order valence-electron chi connectivity index (χ1n) is 5.48. The fraction of sp³-hybridized carbons (Fsp3) is 0.455. The van der Waals surface area contributed by atoms with E-state index < -0.39 is 11.9 Å². The first-order chi connectivity index (χ1) is 8.71. The maximum Gasteiger partial charge on any atom is 0.433 e. The molecular formula is C11H15F3N4S. The lowest BCUT2D eigenvalue weighted by molar-refractivity contribution is -0.141. The molecule has 0 aliphatic carbocycles. The van der Waals surface area contributed by atoms with Gasteiger partial charge in [0.05, 0.1) is 5.56 Å². The number of halogens is 3. The molecule has 0 aliphatic rings. The van der Waals surface area contributed by atoms with E-state index in [1.807, 2.05) is 19.0 Å². The maximum absolute atomic E-state index is 12.6. The van der Waals surface area contributed by atoms with Crippen LogP contribution in [0.4, 0.5) is 19.0 Å². The monoisotopic (exact) mass is 292 g/mol. The summed E-state index contributed by atoms with van der Waals surface area (Å²) in [6.07, 6.45) is -4.49. The van der Waals surface area contributed by atoms with Crippen LogP contribution in [0.5, 0.6) is 0 Å². The summed E-state index contributed by atoms with van der Waals surface area (Å²) in [5.74, 6) is 0.0594. The molecule has 0 atom stereocenters. The van der Waals surface area contributed by atoms with Gasteiger partial charge in [-0.05, 0) is 26.2 Å². The van der Waals surface area contributed by atoms with Gasteiger partial charge in [-0.1, -0.05) is 12.2 Å². The van der Waals surface area contributed by atoms with Crippen molar-refractivity contribution >= 4 is 23.0 Å². The SMILES string of the molecule is CN(C)CCNc1nc(C(F)(F)F)ccc1C(N)=S. The molecule has 1 aromatic rings. The molecule has 0 aromatic carbocycles. The van der Waals surface area contributed by atoms with Crippen molar-refractivity contribution in [2.45, 2.75) is 6.18 Å². The second-order valence-electron chi connectivity index (χ2n) is 4.18. The zero-order valence-corrected chi connectivity index (χ0v) is 11.4. The fourth-order valence-corrected chi connectivity index (χ4v) is 1.51. The van der Waals surface area contributed by atoms with E-state index in [1.54, 1.807) is 0 Å². The minimum absolute atomic E-state index is 0.00794. The first-order valence-corrected chi connectivity index (χ1v) is 5.89. The van der Waals surface area contributed by atoms with Gasteiger partial charge < -0.3 is 16.0 Å². The third-order valence-corrected chi connectivity index (χ3v) is 2.52. The van der Waals surface area contributed by atoms with Crippen LogP contribution >= 0.6 is 12.2 Å². The summed E-state index contributed by atoms with van der Waals surface area (Å²) in [7, 11) is 3.71. The van der Waals surface area contributed by atoms with Gasteiger partial charge in [0, 0.05) is 13.1 Å². The number of alkyl halides is 3. The number of anilines is 1. The Morgan fingerprint density at radius 2 is 2.05 bits per heavy atom. The predicted molar refractivity (Wildman–Crippen MR) is 72.2 cm³/mol. The standard InChI is InChI=1S/C11H15F3N4S/c1-18(2)6-5-16-10-7(9(15)19)3-4-8(17-10)11(12,13)14/h3-4H,5-6H2,1-2H3,(H2,15,19)(H,16,17). The van der Waals surface area contributed by atoms with E-state index in [-0.39, 0.29) is 10.8 Å². The first kappa shape index (κ1) is 15.6. The van der Waals surface area contributed by atoms with Crippen LogP contribution in [0.15, 0.2) is 12.1 Å². The number of aromatic nitrogens is 1. The number of nitrogens with two attached hydrogens (primary N) is 1. The highest BCUT2D eigenvalue weighted by Gasteiger charge is 2.33. The Kier molecular flexibility index (Phi) is 5.07. The van der Waals surface area contributed by atoms with Crippen molar-refractivity contribution in [2.75, 3.05) is 32.5 Å². The molecule has 0 spiro atoms. The summed E-state index contributed by atoms with van der Waals surface area (Å²) in [4.78, 5) is 5.44. The number of hydrogen-bond acceptors (Lipinski definition) is 4. The molecular weight excluding hydrogens is 277 g/mol. The number of hydrogen-bond donors (Lipinski definition) is 2. The van der Waals surface area contributed by atoms with Gasteiger partial charge in [-0.3, -0.25) is 0 Å². The smallest absolute Gasteiger partial charge is 0.389 e. The van der Waals surface area contributed by atoms with E-state index in [9.17, 15) is 13.2 Å². The lowest BCUT2D eigenvalue weighted by atomic mass is 10.2. The lowest BCUT2D eigenvalue weighted by Gasteiger charge is -2.15. The van der Waals surface area contributed by atoms with Crippen molar-refractivity contribution in [3.05, 3.63) is 23.4 Å². The Balaban J connectivity index is 2.99. The molecule has 1 rings (SSSR count). The second-order valence-corrected chi connectivity index (χ2v) is 4.62. The van der Waals surface area contributed by atoms with Crippen LogP contribution in [0.3, 0.4) is 0 Å². The van der Waals surface area contributed by atoms with Gasteiger partial charge in [0.25, 0.3) is 0 Å². The molecule has 0 amide bonds. The molecule has 0 radical (unpaired) electrons. The topological polar surface area (TPSA) is 54.2 Å². The Morgan fingerprint density at radius 3 is 2.53 bits per heavy atom. The number of rotatable bonds is 5. The van der Waals surface area contributed by atoms with Gasteiger partial charge in [-0.2, -0.15) is 13.2 Å². The van der Waals surface area contributed by atoms with E-state index in [2.05, 4.69) is 10.3 Å². The van der Waals surface area contributed by atoms with Crippen LogP contribution in [0.2, 0.25) is 0 Å². The highest BCUT2D eigenvalue weighted by Crippen LogP contribution is 2.29. The molecule has 3 N–H and O–H groups in total. The number of likely N-dealkylation sites (N-methyl/N-ethyl adjacent to an activating group) is 1. The summed E-state index contributed by atoms with van der Waals surface area (Å²) in [5, 5.41) is 2.82. The molecule has 0 saturated heterocycles. The molecule has 0 bridgehead atoms. The Bertz CT molecular complexity index is 460. The minimum atomic E-state index is -4.49. The van der Waals surface area contributed by atoms with Crippen molar-refractivity contribution in [1.82, 2.24) is 9.88 Å². The van der Waals surface area contributed by atoms with Gasteiger partial charge in [-0.15, -0.1) is 0 Å². The molecule has 1 aromatic heterocycles.